The molecule has 3 aromatic rings. The molecular formula is C16H14N2O4S. The van der Waals surface area contributed by atoms with Gasteiger partial charge in [-0.3, -0.25) is 4.79 Å². The van der Waals surface area contributed by atoms with E-state index in [0.29, 0.717) is 32.0 Å². The van der Waals surface area contributed by atoms with E-state index in [2.05, 4.69) is 9.97 Å². The van der Waals surface area contributed by atoms with Gasteiger partial charge in [-0.1, -0.05) is 12.1 Å². The van der Waals surface area contributed by atoms with Gasteiger partial charge in [0.1, 0.15) is 21.3 Å². The highest BCUT2D eigenvalue weighted by atomic mass is 32.1. The van der Waals surface area contributed by atoms with E-state index < -0.39 is 5.97 Å². The maximum absolute atomic E-state index is 12.4. The third kappa shape index (κ3) is 2.70. The minimum atomic E-state index is -0.452. The van der Waals surface area contributed by atoms with Crippen LogP contribution >= 0.6 is 11.3 Å². The minimum absolute atomic E-state index is 0.0832. The lowest BCUT2D eigenvalue weighted by Gasteiger charge is -2.01. The highest BCUT2D eigenvalue weighted by molar-refractivity contribution is 7.20. The number of hydrogen-bond donors (Lipinski definition) is 2. The van der Waals surface area contributed by atoms with Gasteiger partial charge in [0.25, 0.3) is 5.56 Å². The molecule has 7 heteroatoms. The molecule has 0 radical (unpaired) electrons. The van der Waals surface area contributed by atoms with Crippen molar-refractivity contribution in [2.75, 3.05) is 6.61 Å². The van der Waals surface area contributed by atoms with Crippen molar-refractivity contribution >= 4 is 27.5 Å². The third-order valence-electron chi connectivity index (χ3n) is 3.38. The van der Waals surface area contributed by atoms with Crippen LogP contribution in [-0.2, 0) is 4.74 Å². The predicted molar refractivity (Wildman–Crippen MR) is 88.0 cm³/mol. The lowest BCUT2D eigenvalue weighted by molar-refractivity contribution is 0.0531. The van der Waals surface area contributed by atoms with Crippen LogP contribution in [-0.4, -0.2) is 27.7 Å². The van der Waals surface area contributed by atoms with Gasteiger partial charge in [0, 0.05) is 5.56 Å². The number of phenolic OH excluding ortho intramolecular Hbond substituents is 1. The number of aromatic hydroxyl groups is 1. The number of rotatable bonds is 3. The smallest absolute Gasteiger partial charge is 0.348 e. The Morgan fingerprint density at radius 2 is 2.22 bits per heavy atom. The molecule has 2 heterocycles. The first-order chi connectivity index (χ1) is 11.0. The molecule has 0 bridgehead atoms. The molecule has 2 aromatic heterocycles. The molecular weight excluding hydrogens is 316 g/mol. The van der Waals surface area contributed by atoms with Crippen LogP contribution < -0.4 is 5.56 Å². The van der Waals surface area contributed by atoms with Gasteiger partial charge in [-0.25, -0.2) is 9.78 Å². The van der Waals surface area contributed by atoms with Crippen LogP contribution in [0.2, 0.25) is 0 Å². The summed E-state index contributed by atoms with van der Waals surface area (Å²) >= 11 is 1.13. The Bertz CT molecular complexity index is 958. The van der Waals surface area contributed by atoms with E-state index in [9.17, 15) is 14.7 Å². The number of aromatic amines is 1. The summed E-state index contributed by atoms with van der Waals surface area (Å²) in [5.74, 6) is -0.0267. The van der Waals surface area contributed by atoms with Crippen LogP contribution in [0.3, 0.4) is 0 Å². The van der Waals surface area contributed by atoms with Crippen molar-refractivity contribution in [3.05, 3.63) is 45.1 Å². The van der Waals surface area contributed by atoms with Crippen LogP contribution in [0.15, 0.2) is 29.1 Å². The van der Waals surface area contributed by atoms with Crippen molar-refractivity contribution in [3.8, 4) is 17.1 Å². The summed E-state index contributed by atoms with van der Waals surface area (Å²) in [5.41, 5.74) is 0.838. The Kier molecular flexibility index (Phi) is 3.87. The zero-order chi connectivity index (χ0) is 16.6. The average Bonchev–Trinajstić information content (AvgIpc) is 2.85. The van der Waals surface area contributed by atoms with E-state index in [1.807, 2.05) is 0 Å². The number of carbonyl (C=O) groups is 1. The molecule has 0 aliphatic rings. The fraction of sp³-hybridized carbons (Fsp3) is 0.188. The zero-order valence-electron chi connectivity index (χ0n) is 12.5. The van der Waals surface area contributed by atoms with Crippen molar-refractivity contribution in [2.24, 2.45) is 0 Å². The van der Waals surface area contributed by atoms with E-state index in [-0.39, 0.29) is 17.9 Å². The number of aryl methyl sites for hydroxylation is 1. The van der Waals surface area contributed by atoms with Gasteiger partial charge < -0.3 is 14.8 Å². The highest BCUT2D eigenvalue weighted by Crippen LogP contribution is 2.29. The van der Waals surface area contributed by atoms with E-state index in [4.69, 9.17) is 4.74 Å². The first kappa shape index (κ1) is 15.2. The topological polar surface area (TPSA) is 92.3 Å². The van der Waals surface area contributed by atoms with E-state index in [1.54, 1.807) is 26.0 Å². The second kappa shape index (κ2) is 5.85. The third-order valence-corrected chi connectivity index (χ3v) is 4.55. The first-order valence-electron chi connectivity index (χ1n) is 7.01. The van der Waals surface area contributed by atoms with Gasteiger partial charge in [0.2, 0.25) is 0 Å². The molecule has 0 aliphatic carbocycles. The number of phenols is 1. The van der Waals surface area contributed by atoms with Gasteiger partial charge in [0.05, 0.1) is 12.0 Å². The van der Waals surface area contributed by atoms with Crippen molar-refractivity contribution in [1.82, 2.24) is 9.97 Å². The fourth-order valence-electron chi connectivity index (χ4n) is 2.33. The molecule has 2 N–H and O–H groups in total. The largest absolute Gasteiger partial charge is 0.508 e. The molecule has 0 aliphatic heterocycles. The number of nitrogens with one attached hydrogen (secondary N) is 1. The van der Waals surface area contributed by atoms with Crippen LogP contribution in [0.1, 0.15) is 22.2 Å². The average molecular weight is 330 g/mol. The number of fused-ring (bicyclic) bond motifs is 1. The molecule has 3 rings (SSSR count). The van der Waals surface area contributed by atoms with Crippen molar-refractivity contribution in [2.45, 2.75) is 13.8 Å². The molecule has 0 saturated heterocycles. The number of esters is 1. The number of ether oxygens (including phenoxy) is 1. The van der Waals surface area contributed by atoms with Crippen LogP contribution in [0.4, 0.5) is 0 Å². The molecule has 6 nitrogen and oxygen atoms in total. The normalized spacial score (nSPS) is 10.9. The number of thiophene rings is 1. The Balaban J connectivity index is 2.19. The lowest BCUT2D eigenvalue weighted by atomic mass is 10.2. The molecule has 23 heavy (non-hydrogen) atoms. The van der Waals surface area contributed by atoms with Crippen molar-refractivity contribution in [1.29, 1.82) is 0 Å². The number of benzene rings is 1. The Labute approximate surface area is 135 Å². The number of hydrogen-bond acceptors (Lipinski definition) is 6. The number of carbonyl (C=O) groups excluding carboxylic acids is 1. The Morgan fingerprint density at radius 3 is 2.91 bits per heavy atom. The van der Waals surface area contributed by atoms with E-state index in [0.717, 1.165) is 11.3 Å². The van der Waals surface area contributed by atoms with Crippen LogP contribution in [0, 0.1) is 6.92 Å². The summed E-state index contributed by atoms with van der Waals surface area (Å²) in [4.78, 5) is 32.3. The summed E-state index contributed by atoms with van der Waals surface area (Å²) in [5, 5.41) is 9.95. The summed E-state index contributed by atoms with van der Waals surface area (Å²) in [6, 6.07) is 6.44. The summed E-state index contributed by atoms with van der Waals surface area (Å²) in [7, 11) is 0. The number of H-pyrrole nitrogens is 1. The fourth-order valence-corrected chi connectivity index (χ4v) is 3.40. The van der Waals surface area contributed by atoms with Gasteiger partial charge in [-0.2, -0.15) is 0 Å². The van der Waals surface area contributed by atoms with Crippen molar-refractivity contribution in [3.63, 3.8) is 0 Å². The molecule has 0 fully saturated rings. The van der Waals surface area contributed by atoms with E-state index >= 15 is 0 Å². The van der Waals surface area contributed by atoms with Crippen LogP contribution in [0.25, 0.3) is 21.6 Å². The quantitative estimate of drug-likeness (QED) is 0.720. The van der Waals surface area contributed by atoms with E-state index in [1.165, 1.54) is 12.1 Å². The molecule has 0 amide bonds. The van der Waals surface area contributed by atoms with Crippen molar-refractivity contribution < 1.29 is 14.6 Å². The minimum Gasteiger partial charge on any atom is -0.508 e. The second-order valence-corrected chi connectivity index (χ2v) is 5.92. The standard InChI is InChI=1S/C16H14N2O4S/c1-3-22-16(21)12-8(2)11-14(20)17-13(18-15(11)23-12)9-5-4-6-10(19)7-9/h4-7,19H,3H2,1-2H3,(H,17,18,20). The SMILES string of the molecule is CCOC(=O)c1sc2nc(-c3cccc(O)c3)[nH]c(=O)c2c1C. The molecule has 0 atom stereocenters. The van der Waals surface area contributed by atoms with Crippen LogP contribution in [0.5, 0.6) is 5.75 Å². The highest BCUT2D eigenvalue weighted by Gasteiger charge is 2.20. The van der Waals surface area contributed by atoms with Gasteiger partial charge in [-0.15, -0.1) is 11.3 Å². The maximum atomic E-state index is 12.4. The Hall–Kier alpha value is -2.67. The number of aromatic nitrogens is 2. The van der Waals surface area contributed by atoms with Gasteiger partial charge >= 0.3 is 5.97 Å². The molecule has 0 unspecified atom stereocenters. The summed E-state index contributed by atoms with van der Waals surface area (Å²) in [6.07, 6.45) is 0. The molecule has 118 valence electrons. The summed E-state index contributed by atoms with van der Waals surface area (Å²) in [6.45, 7) is 3.70. The molecule has 0 spiro atoms. The van der Waals surface area contributed by atoms with Gasteiger partial charge in [-0.05, 0) is 31.5 Å². The molecule has 0 saturated carbocycles. The zero-order valence-corrected chi connectivity index (χ0v) is 13.4. The predicted octanol–water partition coefficient (Wildman–Crippen LogP) is 2.84. The second-order valence-electron chi connectivity index (χ2n) is 4.92. The maximum Gasteiger partial charge on any atom is 0.348 e. The summed E-state index contributed by atoms with van der Waals surface area (Å²) < 4.78 is 5.01. The Morgan fingerprint density at radius 1 is 1.43 bits per heavy atom. The lowest BCUT2D eigenvalue weighted by Crippen LogP contribution is -2.10. The number of nitrogens with zero attached hydrogens (tertiary/aromatic N) is 1. The van der Waals surface area contributed by atoms with Gasteiger partial charge in [0.15, 0.2) is 0 Å². The first-order valence-corrected chi connectivity index (χ1v) is 7.83. The molecule has 1 aromatic carbocycles. The monoisotopic (exact) mass is 330 g/mol.